The van der Waals surface area contributed by atoms with Crippen LogP contribution in [0.1, 0.15) is 94.4 Å². The van der Waals surface area contributed by atoms with Crippen LogP contribution in [-0.4, -0.2) is 66.0 Å². The summed E-state index contributed by atoms with van der Waals surface area (Å²) in [5, 5.41) is 3.80. The molecule has 1 unspecified atom stereocenters. The first-order valence-corrected chi connectivity index (χ1v) is 18.0. The molecule has 0 bridgehead atoms. The van der Waals surface area contributed by atoms with E-state index in [2.05, 4.69) is 11.4 Å². The van der Waals surface area contributed by atoms with Crippen molar-refractivity contribution in [1.82, 2.24) is 15.1 Å². The predicted molar refractivity (Wildman–Crippen MR) is 186 cm³/mol. The zero-order valence-corrected chi connectivity index (χ0v) is 29.1. The van der Waals surface area contributed by atoms with Crippen LogP contribution in [0.5, 0.6) is 0 Å². The van der Waals surface area contributed by atoms with Crippen molar-refractivity contribution in [3.8, 4) is 0 Å². The molecule has 0 radical (unpaired) electrons. The number of hydrogen-bond acceptors (Lipinski definition) is 5. The van der Waals surface area contributed by atoms with Gasteiger partial charge in [0.25, 0.3) is 0 Å². The van der Waals surface area contributed by atoms with Crippen LogP contribution in [0.3, 0.4) is 0 Å². The molecule has 6 rings (SSSR count). The van der Waals surface area contributed by atoms with Crippen LogP contribution in [0.15, 0.2) is 48.5 Å². The number of cyclic esters (lactones) is 1. The van der Waals surface area contributed by atoms with Crippen molar-refractivity contribution < 1.29 is 19.1 Å². The van der Waals surface area contributed by atoms with Crippen LogP contribution in [0.4, 0.5) is 4.79 Å². The SMILES string of the molecule is CN1C(=O)OCCC1(C)C.N[C@H]1c2ccccc2CC[C@H]1C(=O)NC(Cc1ccc(Cl)cc1)C(=O)N1CCC(C2CCCCC2)CC1. The number of benzene rings is 2. The van der Waals surface area contributed by atoms with Gasteiger partial charge in [-0.05, 0) is 80.2 Å². The number of nitrogens with zero attached hydrogens (tertiary/aromatic N) is 2. The fourth-order valence-corrected chi connectivity index (χ4v) is 7.87. The topological polar surface area (TPSA) is 105 Å². The molecule has 3 N–H and O–H groups in total. The third-order valence-electron chi connectivity index (χ3n) is 11.2. The Labute approximate surface area is 285 Å². The van der Waals surface area contributed by atoms with Crippen molar-refractivity contribution in [2.24, 2.45) is 23.5 Å². The molecule has 2 aromatic carbocycles. The highest BCUT2D eigenvalue weighted by molar-refractivity contribution is 6.30. The maximum absolute atomic E-state index is 13.8. The lowest BCUT2D eigenvalue weighted by Gasteiger charge is -2.39. The van der Waals surface area contributed by atoms with Gasteiger partial charge in [0, 0.05) is 49.6 Å². The Bertz CT molecular complexity index is 1370. The lowest BCUT2D eigenvalue weighted by molar-refractivity contribution is -0.139. The van der Waals surface area contributed by atoms with Crippen LogP contribution in [0.2, 0.25) is 5.02 Å². The Hall–Kier alpha value is -3.10. The van der Waals surface area contributed by atoms with Gasteiger partial charge in [0.2, 0.25) is 11.8 Å². The molecule has 3 fully saturated rings. The van der Waals surface area contributed by atoms with E-state index in [1.54, 1.807) is 11.9 Å². The standard InChI is InChI=1S/C31H40ClN3O2.C7H13NO2/c32-25-13-10-21(11-14-25)20-28(31(37)35-18-16-23(17-19-35)22-6-2-1-3-7-22)34-30(36)27-15-12-24-8-4-5-9-26(24)29(27)33;1-7(2)4-5-10-6(9)8(7)3/h4-5,8-11,13-14,22-23,27-29H,1-3,6-7,12,15-20,33H2,(H,34,36);4-5H2,1-3H3/t27-,28?,29+;/m1./s1. The molecule has 1 saturated carbocycles. The summed E-state index contributed by atoms with van der Waals surface area (Å²) in [7, 11) is 1.77. The first-order chi connectivity index (χ1) is 22.5. The van der Waals surface area contributed by atoms with Gasteiger partial charge in [-0.3, -0.25) is 9.59 Å². The Kier molecular flexibility index (Phi) is 11.9. The van der Waals surface area contributed by atoms with Gasteiger partial charge in [-0.25, -0.2) is 4.79 Å². The van der Waals surface area contributed by atoms with E-state index in [9.17, 15) is 14.4 Å². The first kappa shape index (κ1) is 35.2. The number of likely N-dealkylation sites (tertiary alicyclic amines) is 1. The van der Waals surface area contributed by atoms with Gasteiger partial charge >= 0.3 is 6.09 Å². The van der Waals surface area contributed by atoms with Gasteiger partial charge in [-0.15, -0.1) is 0 Å². The number of piperidine rings is 1. The number of amides is 3. The molecule has 47 heavy (non-hydrogen) atoms. The maximum Gasteiger partial charge on any atom is 0.409 e. The van der Waals surface area contributed by atoms with E-state index in [0.29, 0.717) is 24.5 Å². The maximum atomic E-state index is 13.8. The summed E-state index contributed by atoms with van der Waals surface area (Å²) in [6.45, 7) is 6.18. The summed E-state index contributed by atoms with van der Waals surface area (Å²) >= 11 is 6.09. The van der Waals surface area contributed by atoms with Gasteiger partial charge in [-0.1, -0.05) is 80.1 Å². The first-order valence-electron chi connectivity index (χ1n) is 17.6. The van der Waals surface area contributed by atoms with Gasteiger partial charge in [-0.2, -0.15) is 0 Å². The number of aryl methyl sites for hydroxylation is 1. The number of nitrogens with two attached hydrogens (primary N) is 1. The molecule has 2 aromatic rings. The van der Waals surface area contributed by atoms with Gasteiger partial charge < -0.3 is 25.6 Å². The molecular weight excluding hydrogens is 612 g/mol. The molecule has 3 atom stereocenters. The van der Waals surface area contributed by atoms with Crippen LogP contribution in [0.25, 0.3) is 0 Å². The van der Waals surface area contributed by atoms with Crippen LogP contribution in [0, 0.1) is 17.8 Å². The lowest BCUT2D eigenvalue weighted by atomic mass is 9.76. The zero-order valence-electron chi connectivity index (χ0n) is 28.4. The second-order valence-electron chi connectivity index (χ2n) is 14.6. The number of nitrogens with one attached hydrogen (secondary N) is 1. The molecule has 0 spiro atoms. The Morgan fingerprint density at radius 3 is 2.30 bits per heavy atom. The second kappa shape index (κ2) is 15.9. The van der Waals surface area contributed by atoms with E-state index in [4.69, 9.17) is 22.1 Å². The predicted octanol–water partition coefficient (Wildman–Crippen LogP) is 6.69. The van der Waals surface area contributed by atoms with Crippen LogP contribution >= 0.6 is 11.6 Å². The molecular formula is C38H53ClN4O4. The second-order valence-corrected chi connectivity index (χ2v) is 15.0. The van der Waals surface area contributed by atoms with Crippen molar-refractivity contribution in [3.05, 3.63) is 70.2 Å². The van der Waals surface area contributed by atoms with E-state index in [1.807, 2.05) is 61.2 Å². The zero-order chi connectivity index (χ0) is 33.6. The van der Waals surface area contributed by atoms with Crippen molar-refractivity contribution in [1.29, 1.82) is 0 Å². The normalized spacial score (nSPS) is 23.9. The lowest BCUT2D eigenvalue weighted by Crippen LogP contribution is -2.54. The number of carbonyl (C=O) groups is 3. The summed E-state index contributed by atoms with van der Waals surface area (Å²) in [6, 6.07) is 14.7. The van der Waals surface area contributed by atoms with Crippen molar-refractivity contribution in [3.63, 3.8) is 0 Å². The van der Waals surface area contributed by atoms with Gasteiger partial charge in [0.1, 0.15) is 6.04 Å². The fraction of sp³-hybridized carbons (Fsp3) is 0.605. The van der Waals surface area contributed by atoms with Gasteiger partial charge in [0.05, 0.1) is 12.5 Å². The number of fused-ring (bicyclic) bond motifs is 1. The highest BCUT2D eigenvalue weighted by Gasteiger charge is 2.37. The molecule has 4 aliphatic rings. The minimum absolute atomic E-state index is 0.0233. The Morgan fingerprint density at radius 2 is 1.64 bits per heavy atom. The minimum atomic E-state index is -0.607. The largest absolute Gasteiger partial charge is 0.449 e. The van der Waals surface area contributed by atoms with E-state index in [1.165, 1.54) is 37.7 Å². The van der Waals surface area contributed by atoms with Crippen molar-refractivity contribution >= 4 is 29.5 Å². The van der Waals surface area contributed by atoms with E-state index in [-0.39, 0.29) is 35.4 Å². The van der Waals surface area contributed by atoms with Crippen LogP contribution < -0.4 is 11.1 Å². The molecule has 0 aromatic heterocycles. The molecule has 9 heteroatoms. The molecule has 2 aliphatic carbocycles. The summed E-state index contributed by atoms with van der Waals surface area (Å²) in [5.74, 6) is 1.12. The molecule has 2 aliphatic heterocycles. The number of ether oxygens (including phenoxy) is 1. The molecule has 8 nitrogen and oxygen atoms in total. The quantitative estimate of drug-likeness (QED) is 0.358. The summed E-state index contributed by atoms with van der Waals surface area (Å²) in [5.41, 5.74) is 9.78. The van der Waals surface area contributed by atoms with Crippen molar-refractivity contribution in [2.45, 2.75) is 102 Å². The Morgan fingerprint density at radius 1 is 0.979 bits per heavy atom. The third kappa shape index (κ3) is 8.88. The number of carbonyl (C=O) groups excluding carboxylic acids is 3. The average molecular weight is 665 g/mol. The molecule has 256 valence electrons. The molecule has 2 heterocycles. The summed E-state index contributed by atoms with van der Waals surface area (Å²) < 4.78 is 4.81. The highest BCUT2D eigenvalue weighted by Crippen LogP contribution is 2.36. The number of hydrogen-bond donors (Lipinski definition) is 2. The summed E-state index contributed by atoms with van der Waals surface area (Å²) in [6.07, 6.45) is 11.6. The smallest absolute Gasteiger partial charge is 0.409 e. The number of halogens is 1. The highest BCUT2D eigenvalue weighted by atomic mass is 35.5. The monoisotopic (exact) mass is 664 g/mol. The van der Waals surface area contributed by atoms with E-state index in [0.717, 1.165) is 61.7 Å². The molecule has 3 amide bonds. The van der Waals surface area contributed by atoms with Gasteiger partial charge in [0.15, 0.2) is 0 Å². The van der Waals surface area contributed by atoms with E-state index < -0.39 is 6.04 Å². The minimum Gasteiger partial charge on any atom is -0.449 e. The summed E-state index contributed by atoms with van der Waals surface area (Å²) in [4.78, 5) is 41.9. The average Bonchev–Trinajstić information content (AvgIpc) is 3.08. The van der Waals surface area contributed by atoms with E-state index >= 15 is 0 Å². The number of rotatable bonds is 6. The van der Waals surface area contributed by atoms with Crippen LogP contribution in [-0.2, 0) is 27.2 Å². The fourth-order valence-electron chi connectivity index (χ4n) is 7.74. The molecule has 2 saturated heterocycles. The van der Waals surface area contributed by atoms with Crippen molar-refractivity contribution in [2.75, 3.05) is 26.7 Å². The third-order valence-corrected chi connectivity index (χ3v) is 11.4. The Balaban J connectivity index is 0.000000371.